The third kappa shape index (κ3) is 6.12. The molecule has 0 unspecified atom stereocenters. The molecule has 0 radical (unpaired) electrons. The Bertz CT molecular complexity index is 1240. The van der Waals surface area contributed by atoms with Crippen LogP contribution in [-0.2, 0) is 19.6 Å². The lowest BCUT2D eigenvalue weighted by atomic mass is 9.84. The molecule has 0 bridgehead atoms. The minimum absolute atomic E-state index is 0.0497. The smallest absolute Gasteiger partial charge is 0.261 e. The number of anilines is 1. The Hall–Kier alpha value is -2.73. The maximum Gasteiger partial charge on any atom is 0.261 e. The maximum atomic E-state index is 13.2. The molecule has 3 aliphatic heterocycles. The lowest BCUT2D eigenvalue weighted by Crippen LogP contribution is -2.47. The highest BCUT2D eigenvalue weighted by Crippen LogP contribution is 2.47. The number of sulfonamides is 1. The number of aliphatic hydroxyl groups is 1. The van der Waals surface area contributed by atoms with E-state index in [-0.39, 0.29) is 29.7 Å². The van der Waals surface area contributed by atoms with Crippen molar-refractivity contribution in [3.05, 3.63) is 53.8 Å². The van der Waals surface area contributed by atoms with Gasteiger partial charge in [0.05, 0.1) is 24.0 Å². The van der Waals surface area contributed by atoms with Crippen molar-refractivity contribution in [3.63, 3.8) is 0 Å². The zero-order valence-electron chi connectivity index (χ0n) is 21.1. The van der Waals surface area contributed by atoms with E-state index in [1.54, 1.807) is 18.2 Å². The Labute approximate surface area is 222 Å². The molecule has 206 valence electrons. The molecule has 38 heavy (non-hydrogen) atoms. The highest BCUT2D eigenvalue weighted by Gasteiger charge is 2.46. The molecule has 0 aromatic heterocycles. The minimum Gasteiger partial charge on any atom is -0.487 e. The molecule has 0 saturated carbocycles. The number of nitrogens with zero attached hydrogens (tertiary/aromatic N) is 1. The topological polar surface area (TPSA) is 117 Å². The molecular weight excluding hydrogens is 513 g/mol. The molecule has 9 nitrogen and oxygen atoms in total. The van der Waals surface area contributed by atoms with Gasteiger partial charge in [0, 0.05) is 30.3 Å². The Kier molecular flexibility index (Phi) is 8.18. The number of amides is 1. The Morgan fingerprint density at radius 2 is 1.87 bits per heavy atom. The minimum atomic E-state index is -3.91. The average Bonchev–Trinajstić information content (AvgIpc) is 3.27. The number of hydrogen-bond donors (Lipinski definition) is 3. The summed E-state index contributed by atoms with van der Waals surface area (Å²) in [5, 5.41) is 13.0. The van der Waals surface area contributed by atoms with Crippen LogP contribution in [0.25, 0.3) is 0 Å². The summed E-state index contributed by atoms with van der Waals surface area (Å²) < 4.78 is 53.5. The van der Waals surface area contributed by atoms with Gasteiger partial charge in [-0.2, -0.15) is 0 Å². The van der Waals surface area contributed by atoms with Crippen molar-refractivity contribution in [1.29, 1.82) is 0 Å². The summed E-state index contributed by atoms with van der Waals surface area (Å²) in [6.07, 6.45) is 2.90. The van der Waals surface area contributed by atoms with Gasteiger partial charge in [-0.1, -0.05) is 6.42 Å². The number of rotatable bonds is 9. The van der Waals surface area contributed by atoms with Gasteiger partial charge in [0.1, 0.15) is 23.8 Å². The van der Waals surface area contributed by atoms with Crippen molar-refractivity contribution in [2.24, 2.45) is 0 Å². The number of piperidine rings is 1. The molecule has 1 amide bonds. The summed E-state index contributed by atoms with van der Waals surface area (Å²) in [6.45, 7) is 3.31. The van der Waals surface area contributed by atoms with Crippen LogP contribution in [-0.4, -0.2) is 75.4 Å². The van der Waals surface area contributed by atoms with Gasteiger partial charge >= 0.3 is 0 Å². The Balaban J connectivity index is 1.23. The summed E-state index contributed by atoms with van der Waals surface area (Å²) >= 11 is 0. The molecule has 2 aromatic carbocycles. The van der Waals surface area contributed by atoms with E-state index in [4.69, 9.17) is 9.47 Å². The van der Waals surface area contributed by atoms with Crippen LogP contribution in [0.3, 0.4) is 0 Å². The Morgan fingerprint density at radius 1 is 1.11 bits per heavy atom. The zero-order chi connectivity index (χ0) is 26.7. The number of halogens is 1. The highest BCUT2D eigenvalue weighted by molar-refractivity contribution is 7.92. The second-order valence-corrected chi connectivity index (χ2v) is 11.9. The number of nitrogens with one attached hydrogen (secondary N) is 2. The average molecular weight is 548 g/mol. The summed E-state index contributed by atoms with van der Waals surface area (Å²) in [5.74, 6) is -0.189. The predicted molar refractivity (Wildman–Crippen MR) is 139 cm³/mol. The first kappa shape index (κ1) is 26.9. The molecular formula is C27H34FN3O6S. The fourth-order valence-corrected chi connectivity index (χ4v) is 6.65. The van der Waals surface area contributed by atoms with Gasteiger partial charge in [-0.15, -0.1) is 0 Å². The molecule has 3 heterocycles. The van der Waals surface area contributed by atoms with Crippen molar-refractivity contribution in [2.45, 2.75) is 61.2 Å². The first-order valence-electron chi connectivity index (χ1n) is 13.2. The fourth-order valence-electron chi connectivity index (χ4n) is 5.60. The van der Waals surface area contributed by atoms with Crippen LogP contribution in [0.5, 0.6) is 5.75 Å². The molecule has 3 aliphatic rings. The van der Waals surface area contributed by atoms with Crippen LogP contribution in [0.2, 0.25) is 0 Å². The van der Waals surface area contributed by atoms with E-state index in [1.165, 1.54) is 31.4 Å². The molecule has 4 atom stereocenters. The quantitative estimate of drug-likeness (QED) is 0.442. The second kappa shape index (κ2) is 11.6. The van der Waals surface area contributed by atoms with Crippen LogP contribution < -0.4 is 14.8 Å². The molecule has 3 N–H and O–H groups in total. The first-order chi connectivity index (χ1) is 18.3. The molecule has 5 rings (SSSR count). The second-order valence-electron chi connectivity index (χ2n) is 10.2. The van der Waals surface area contributed by atoms with Gasteiger partial charge in [-0.3, -0.25) is 9.52 Å². The number of aliphatic hydroxyl groups excluding tert-OH is 1. The van der Waals surface area contributed by atoms with Gasteiger partial charge in [0.25, 0.3) is 10.0 Å². The van der Waals surface area contributed by atoms with Gasteiger partial charge in [-0.05, 0) is 74.8 Å². The summed E-state index contributed by atoms with van der Waals surface area (Å²) in [6, 6.07) is 9.60. The van der Waals surface area contributed by atoms with Crippen LogP contribution in [0.1, 0.15) is 43.6 Å². The molecule has 0 spiro atoms. The molecule has 2 saturated heterocycles. The van der Waals surface area contributed by atoms with Crippen molar-refractivity contribution in [3.8, 4) is 5.75 Å². The Morgan fingerprint density at radius 3 is 2.61 bits per heavy atom. The number of likely N-dealkylation sites (tertiary alicyclic amines) is 1. The SMILES string of the molecule is O=C(C[C@H]1C[C@H]2c3cc(NS(=O)(=O)c4ccc(F)cc4)ccc3O[C@H]2[C@H](CO)O1)NCCN1CCCCC1. The number of carbonyl (C=O) groups is 1. The largest absolute Gasteiger partial charge is 0.487 e. The number of benzene rings is 2. The summed E-state index contributed by atoms with van der Waals surface area (Å²) in [5.41, 5.74) is 1.14. The standard InChI is InChI=1S/C27H34FN3O6S/c28-18-4-7-21(8-5-18)38(34,35)30-19-6-9-24-22(14-19)23-15-20(36-25(17-32)27(23)37-24)16-26(33)29-10-13-31-11-2-1-3-12-31/h4-9,14,20,23,25,27,30,32H,1-3,10-13,15-17H2,(H,29,33)/t20-,23+,25+,27-/m1/s1. The van der Waals surface area contributed by atoms with Gasteiger partial charge in [0.15, 0.2) is 0 Å². The fraction of sp³-hybridized carbons (Fsp3) is 0.519. The van der Waals surface area contributed by atoms with Crippen molar-refractivity contribution >= 4 is 21.6 Å². The predicted octanol–water partition coefficient (Wildman–Crippen LogP) is 2.61. The van der Waals surface area contributed by atoms with Gasteiger partial charge in [0.2, 0.25) is 5.91 Å². The van der Waals surface area contributed by atoms with E-state index < -0.39 is 34.2 Å². The molecule has 0 aliphatic carbocycles. The van der Waals surface area contributed by atoms with Crippen LogP contribution >= 0.6 is 0 Å². The number of hydrogen-bond acceptors (Lipinski definition) is 7. The van der Waals surface area contributed by atoms with Crippen molar-refractivity contribution in [2.75, 3.05) is 37.5 Å². The van der Waals surface area contributed by atoms with Crippen LogP contribution in [0.4, 0.5) is 10.1 Å². The van der Waals surface area contributed by atoms with Crippen molar-refractivity contribution < 1.29 is 32.2 Å². The summed E-state index contributed by atoms with van der Waals surface area (Å²) in [7, 11) is -3.91. The third-order valence-corrected chi connectivity index (χ3v) is 8.88. The van der Waals surface area contributed by atoms with E-state index in [2.05, 4.69) is 14.9 Å². The number of carbonyl (C=O) groups excluding carboxylic acids is 1. The van der Waals surface area contributed by atoms with Crippen LogP contribution in [0, 0.1) is 5.82 Å². The summed E-state index contributed by atoms with van der Waals surface area (Å²) in [4.78, 5) is 15.0. The molecule has 11 heteroatoms. The number of ether oxygens (including phenoxy) is 2. The molecule has 2 aromatic rings. The van der Waals surface area contributed by atoms with E-state index in [0.717, 1.165) is 37.3 Å². The third-order valence-electron chi connectivity index (χ3n) is 7.49. The van der Waals surface area contributed by atoms with E-state index in [9.17, 15) is 22.7 Å². The normalized spacial score (nSPS) is 25.2. The maximum absolute atomic E-state index is 13.2. The van der Waals surface area contributed by atoms with E-state index in [1.807, 2.05) is 0 Å². The lowest BCUT2D eigenvalue weighted by molar-refractivity contribution is -0.142. The van der Waals surface area contributed by atoms with Gasteiger partial charge < -0.3 is 24.8 Å². The van der Waals surface area contributed by atoms with Gasteiger partial charge in [-0.25, -0.2) is 12.8 Å². The first-order valence-corrected chi connectivity index (χ1v) is 14.6. The van der Waals surface area contributed by atoms with E-state index >= 15 is 0 Å². The molecule has 2 fully saturated rings. The monoisotopic (exact) mass is 547 g/mol. The highest BCUT2D eigenvalue weighted by atomic mass is 32.2. The lowest BCUT2D eigenvalue weighted by Gasteiger charge is -2.37. The zero-order valence-corrected chi connectivity index (χ0v) is 22.0. The number of fused-ring (bicyclic) bond motifs is 3. The van der Waals surface area contributed by atoms with Crippen molar-refractivity contribution in [1.82, 2.24) is 10.2 Å². The van der Waals surface area contributed by atoms with Crippen LogP contribution in [0.15, 0.2) is 47.4 Å². The van der Waals surface area contributed by atoms with E-state index in [0.29, 0.717) is 24.4 Å².